The third-order valence-corrected chi connectivity index (χ3v) is 3.79. The van der Waals surface area contributed by atoms with E-state index in [-0.39, 0.29) is 0 Å². The first-order valence-corrected chi connectivity index (χ1v) is 7.53. The van der Waals surface area contributed by atoms with E-state index >= 15 is 0 Å². The van der Waals surface area contributed by atoms with E-state index in [9.17, 15) is 0 Å². The summed E-state index contributed by atoms with van der Waals surface area (Å²) in [6.07, 6.45) is 7.09. The normalized spacial score (nSPS) is 20.8. The molecule has 0 radical (unpaired) electrons. The minimum atomic E-state index is 0.602. The minimum Gasteiger partial charge on any atom is -0.338 e. The monoisotopic (exact) mass is 266 g/mol. The molecule has 1 N–H and O–H groups in total. The van der Waals surface area contributed by atoms with Crippen LogP contribution in [0.4, 0.5) is 0 Å². The van der Waals surface area contributed by atoms with E-state index in [2.05, 4.69) is 27.3 Å². The minimum absolute atomic E-state index is 0.602. The molecule has 0 bridgehead atoms. The van der Waals surface area contributed by atoms with Crippen LogP contribution in [0.15, 0.2) is 4.52 Å². The fourth-order valence-corrected chi connectivity index (χ4v) is 2.70. The number of unbranched alkanes of at least 4 members (excludes halogenated alkanes) is 1. The molecule has 1 atom stereocenters. The summed E-state index contributed by atoms with van der Waals surface area (Å²) < 4.78 is 5.37. The molecule has 0 spiro atoms. The molecule has 0 aliphatic carbocycles. The summed E-state index contributed by atoms with van der Waals surface area (Å²) in [6.45, 7) is 5.15. The second-order valence-corrected chi connectivity index (χ2v) is 5.39. The van der Waals surface area contributed by atoms with Crippen molar-refractivity contribution in [1.82, 2.24) is 20.4 Å². The van der Waals surface area contributed by atoms with Crippen LogP contribution in [0.25, 0.3) is 0 Å². The zero-order chi connectivity index (χ0) is 13.5. The maximum Gasteiger partial charge on any atom is 0.240 e. The standard InChI is InChI=1S/C14H26N4O/c1-3-4-8-13-16-14(19-17-13)11-18-9-6-5-7-12(18)10-15-2/h12,15H,3-11H2,1-2H3. The van der Waals surface area contributed by atoms with Gasteiger partial charge in [0.1, 0.15) is 0 Å². The third kappa shape index (κ3) is 4.28. The summed E-state index contributed by atoms with van der Waals surface area (Å²) in [5.41, 5.74) is 0. The fraction of sp³-hybridized carbons (Fsp3) is 0.857. The molecular formula is C14H26N4O. The molecule has 0 aromatic carbocycles. The number of rotatable bonds is 7. The van der Waals surface area contributed by atoms with Gasteiger partial charge in [0.05, 0.1) is 6.54 Å². The Hall–Kier alpha value is -0.940. The Morgan fingerprint density at radius 1 is 1.42 bits per heavy atom. The quantitative estimate of drug-likeness (QED) is 0.818. The summed E-state index contributed by atoms with van der Waals surface area (Å²) >= 11 is 0. The van der Waals surface area contributed by atoms with Crippen molar-refractivity contribution in [3.63, 3.8) is 0 Å². The molecular weight excluding hydrogens is 240 g/mol. The summed E-state index contributed by atoms with van der Waals surface area (Å²) in [4.78, 5) is 6.97. The van der Waals surface area contributed by atoms with E-state index in [4.69, 9.17) is 4.52 Å². The van der Waals surface area contributed by atoms with Crippen LogP contribution in [0.3, 0.4) is 0 Å². The van der Waals surface area contributed by atoms with Crippen molar-refractivity contribution in [3.05, 3.63) is 11.7 Å². The number of nitrogens with zero attached hydrogens (tertiary/aromatic N) is 3. The summed E-state index contributed by atoms with van der Waals surface area (Å²) in [5, 5.41) is 7.34. The Morgan fingerprint density at radius 3 is 3.11 bits per heavy atom. The Morgan fingerprint density at radius 2 is 2.32 bits per heavy atom. The molecule has 1 aromatic heterocycles. The highest BCUT2D eigenvalue weighted by molar-refractivity contribution is 4.89. The van der Waals surface area contributed by atoms with Crippen molar-refractivity contribution in [1.29, 1.82) is 0 Å². The second kappa shape index (κ2) is 7.60. The summed E-state index contributed by atoms with van der Waals surface area (Å²) in [7, 11) is 2.02. The lowest BCUT2D eigenvalue weighted by Crippen LogP contribution is -2.44. The molecule has 1 fully saturated rings. The first-order valence-electron chi connectivity index (χ1n) is 7.53. The van der Waals surface area contributed by atoms with Gasteiger partial charge < -0.3 is 9.84 Å². The molecule has 1 unspecified atom stereocenters. The fourth-order valence-electron chi connectivity index (χ4n) is 2.70. The molecule has 0 saturated carbocycles. The van der Waals surface area contributed by atoms with Gasteiger partial charge in [0.15, 0.2) is 5.82 Å². The number of hydrogen-bond donors (Lipinski definition) is 1. The van der Waals surface area contributed by atoms with Crippen LogP contribution in [-0.2, 0) is 13.0 Å². The Labute approximate surface area is 115 Å². The van der Waals surface area contributed by atoms with E-state index in [1.807, 2.05) is 7.05 Å². The second-order valence-electron chi connectivity index (χ2n) is 5.39. The van der Waals surface area contributed by atoms with Crippen molar-refractivity contribution in [2.75, 3.05) is 20.1 Å². The largest absolute Gasteiger partial charge is 0.338 e. The van der Waals surface area contributed by atoms with Crippen LogP contribution in [0, 0.1) is 0 Å². The first-order chi connectivity index (χ1) is 9.33. The smallest absolute Gasteiger partial charge is 0.240 e. The predicted molar refractivity (Wildman–Crippen MR) is 74.9 cm³/mol. The zero-order valence-electron chi connectivity index (χ0n) is 12.2. The zero-order valence-corrected chi connectivity index (χ0v) is 12.2. The van der Waals surface area contributed by atoms with Crippen molar-refractivity contribution in [3.8, 4) is 0 Å². The maximum atomic E-state index is 5.37. The molecule has 1 aromatic rings. The maximum absolute atomic E-state index is 5.37. The van der Waals surface area contributed by atoms with Crippen LogP contribution in [0.2, 0.25) is 0 Å². The van der Waals surface area contributed by atoms with Gasteiger partial charge in [-0.25, -0.2) is 0 Å². The number of aromatic nitrogens is 2. The third-order valence-electron chi connectivity index (χ3n) is 3.79. The van der Waals surface area contributed by atoms with Gasteiger partial charge in [0.25, 0.3) is 0 Å². The lowest BCUT2D eigenvalue weighted by Gasteiger charge is -2.34. The van der Waals surface area contributed by atoms with E-state index in [1.165, 1.54) is 25.7 Å². The molecule has 5 heteroatoms. The molecule has 1 saturated heterocycles. The Kier molecular flexibility index (Phi) is 5.79. The van der Waals surface area contributed by atoms with Gasteiger partial charge in [-0.05, 0) is 32.9 Å². The number of hydrogen-bond acceptors (Lipinski definition) is 5. The van der Waals surface area contributed by atoms with Crippen LogP contribution in [-0.4, -0.2) is 41.2 Å². The highest BCUT2D eigenvalue weighted by atomic mass is 16.5. The first kappa shape index (κ1) is 14.5. The molecule has 1 aliphatic rings. The Bertz CT molecular complexity index is 364. The van der Waals surface area contributed by atoms with E-state index in [0.717, 1.165) is 44.2 Å². The molecule has 19 heavy (non-hydrogen) atoms. The number of piperidine rings is 1. The van der Waals surface area contributed by atoms with Crippen LogP contribution in [0.1, 0.15) is 50.7 Å². The number of aryl methyl sites for hydroxylation is 1. The van der Waals surface area contributed by atoms with Crippen molar-refractivity contribution in [2.45, 2.75) is 58.0 Å². The van der Waals surface area contributed by atoms with E-state index in [0.29, 0.717) is 6.04 Å². The lowest BCUT2D eigenvalue weighted by atomic mass is 10.0. The molecule has 1 aliphatic heterocycles. The summed E-state index contributed by atoms with van der Waals surface area (Å²) in [6, 6.07) is 0.602. The SMILES string of the molecule is CCCCc1noc(CN2CCCCC2CNC)n1. The molecule has 0 amide bonds. The topological polar surface area (TPSA) is 54.2 Å². The van der Waals surface area contributed by atoms with Gasteiger partial charge in [-0.2, -0.15) is 4.98 Å². The highest BCUT2D eigenvalue weighted by Gasteiger charge is 2.23. The van der Waals surface area contributed by atoms with Gasteiger partial charge in [-0.15, -0.1) is 0 Å². The Balaban J connectivity index is 1.89. The molecule has 108 valence electrons. The number of nitrogens with one attached hydrogen (secondary N) is 1. The van der Waals surface area contributed by atoms with Gasteiger partial charge in [-0.1, -0.05) is 24.9 Å². The average Bonchev–Trinajstić information content (AvgIpc) is 2.87. The number of likely N-dealkylation sites (N-methyl/N-ethyl adjacent to an activating group) is 1. The molecule has 5 nitrogen and oxygen atoms in total. The lowest BCUT2D eigenvalue weighted by molar-refractivity contribution is 0.123. The van der Waals surface area contributed by atoms with Gasteiger partial charge >= 0.3 is 0 Å². The van der Waals surface area contributed by atoms with Gasteiger partial charge in [-0.3, -0.25) is 4.90 Å². The molecule has 2 heterocycles. The van der Waals surface area contributed by atoms with Crippen LogP contribution < -0.4 is 5.32 Å². The van der Waals surface area contributed by atoms with Crippen LogP contribution in [0.5, 0.6) is 0 Å². The highest BCUT2D eigenvalue weighted by Crippen LogP contribution is 2.18. The van der Waals surface area contributed by atoms with Crippen molar-refractivity contribution < 1.29 is 4.52 Å². The molecule has 2 rings (SSSR count). The predicted octanol–water partition coefficient (Wildman–Crippen LogP) is 1.99. The summed E-state index contributed by atoms with van der Waals surface area (Å²) in [5.74, 6) is 1.63. The van der Waals surface area contributed by atoms with Crippen molar-refractivity contribution in [2.24, 2.45) is 0 Å². The van der Waals surface area contributed by atoms with E-state index < -0.39 is 0 Å². The van der Waals surface area contributed by atoms with E-state index in [1.54, 1.807) is 0 Å². The van der Waals surface area contributed by atoms with Gasteiger partial charge in [0, 0.05) is 19.0 Å². The van der Waals surface area contributed by atoms with Crippen molar-refractivity contribution >= 4 is 0 Å². The van der Waals surface area contributed by atoms with Crippen LogP contribution >= 0.6 is 0 Å². The average molecular weight is 266 g/mol. The number of likely N-dealkylation sites (tertiary alicyclic amines) is 1. The van der Waals surface area contributed by atoms with Gasteiger partial charge in [0.2, 0.25) is 5.89 Å².